The van der Waals surface area contributed by atoms with Crippen molar-refractivity contribution in [1.29, 1.82) is 0 Å². The molecule has 4 nitrogen and oxygen atoms in total. The summed E-state index contributed by atoms with van der Waals surface area (Å²) < 4.78 is 5.27. The smallest absolute Gasteiger partial charge is 0.223 e. The second-order valence-corrected chi connectivity index (χ2v) is 6.14. The van der Waals surface area contributed by atoms with Gasteiger partial charge in [0.15, 0.2) is 0 Å². The van der Waals surface area contributed by atoms with E-state index >= 15 is 0 Å². The van der Waals surface area contributed by atoms with Crippen LogP contribution in [0.5, 0.6) is 0 Å². The van der Waals surface area contributed by atoms with Crippen molar-refractivity contribution in [3.63, 3.8) is 0 Å². The van der Waals surface area contributed by atoms with Gasteiger partial charge in [-0.15, -0.1) is 0 Å². The fourth-order valence-corrected chi connectivity index (χ4v) is 2.61. The minimum Gasteiger partial charge on any atom is -0.391 e. The topological polar surface area (TPSA) is 64.3 Å². The van der Waals surface area contributed by atoms with Crippen LogP contribution in [0.1, 0.15) is 52.4 Å². The van der Waals surface area contributed by atoms with Crippen LogP contribution in [0.15, 0.2) is 0 Å². The van der Waals surface area contributed by atoms with Crippen molar-refractivity contribution in [2.45, 2.75) is 63.5 Å². The van der Waals surface area contributed by atoms with E-state index in [-0.39, 0.29) is 5.91 Å². The number of hydrogen-bond donors (Lipinski definition) is 2. The normalized spacial score (nSPS) is 19.3. The Morgan fingerprint density at radius 2 is 1.94 bits per heavy atom. The lowest BCUT2D eigenvalue weighted by Gasteiger charge is -2.38. The third-order valence-corrected chi connectivity index (χ3v) is 4.09. The Kier molecular flexibility index (Phi) is 5.10. The first-order valence-electron chi connectivity index (χ1n) is 6.47. The van der Waals surface area contributed by atoms with Gasteiger partial charge in [-0.2, -0.15) is 0 Å². The molecule has 0 unspecified atom stereocenters. The van der Waals surface area contributed by atoms with Gasteiger partial charge in [0.2, 0.25) is 5.91 Å². The van der Waals surface area contributed by atoms with Crippen molar-refractivity contribution in [2.75, 3.05) is 7.11 Å². The summed E-state index contributed by atoms with van der Waals surface area (Å²) in [5.74, 6) is -0.0449. The van der Waals surface area contributed by atoms with E-state index in [0.717, 1.165) is 25.7 Å². The largest absolute Gasteiger partial charge is 0.391 e. The lowest BCUT2D eigenvalue weighted by molar-refractivity contribution is -0.127. The molecule has 3 N–H and O–H groups in total. The molecule has 0 saturated heterocycles. The number of carbonyl (C=O) groups is 1. The third kappa shape index (κ3) is 3.92. The SMILES string of the molecule is COC(C)(C)CC(=O)NC1(C(N)=S)CCCCC1. The summed E-state index contributed by atoms with van der Waals surface area (Å²) in [6, 6.07) is 0. The molecule has 0 atom stereocenters. The summed E-state index contributed by atoms with van der Waals surface area (Å²) in [6.07, 6.45) is 5.32. The Bertz CT molecular complexity index is 323. The average molecular weight is 272 g/mol. The Hall–Kier alpha value is -0.680. The number of nitrogens with one attached hydrogen (secondary N) is 1. The van der Waals surface area contributed by atoms with E-state index in [0.29, 0.717) is 11.4 Å². The van der Waals surface area contributed by atoms with Crippen molar-refractivity contribution in [1.82, 2.24) is 5.32 Å². The van der Waals surface area contributed by atoms with E-state index in [2.05, 4.69) is 5.32 Å². The molecular formula is C13H24N2O2S. The van der Waals surface area contributed by atoms with Gasteiger partial charge >= 0.3 is 0 Å². The van der Waals surface area contributed by atoms with Gasteiger partial charge in [0, 0.05) is 7.11 Å². The Morgan fingerprint density at radius 1 is 1.39 bits per heavy atom. The second kappa shape index (κ2) is 5.97. The van der Waals surface area contributed by atoms with Crippen molar-refractivity contribution >= 4 is 23.1 Å². The summed E-state index contributed by atoms with van der Waals surface area (Å²) in [6.45, 7) is 3.78. The number of carbonyl (C=O) groups excluding carboxylic acids is 1. The predicted molar refractivity (Wildman–Crippen MR) is 76.4 cm³/mol. The number of amides is 1. The first kappa shape index (κ1) is 15.4. The number of ether oxygens (including phenoxy) is 1. The molecule has 1 fully saturated rings. The van der Waals surface area contributed by atoms with Gasteiger partial charge in [-0.05, 0) is 26.7 Å². The van der Waals surface area contributed by atoms with Gasteiger partial charge in [-0.25, -0.2) is 0 Å². The molecule has 0 aliphatic heterocycles. The fraction of sp³-hybridized carbons (Fsp3) is 0.846. The van der Waals surface area contributed by atoms with Gasteiger partial charge in [-0.3, -0.25) is 4.79 Å². The molecule has 104 valence electrons. The molecule has 1 amide bonds. The Morgan fingerprint density at radius 3 is 2.39 bits per heavy atom. The van der Waals surface area contributed by atoms with Crippen LogP contribution in [0.25, 0.3) is 0 Å². The lowest BCUT2D eigenvalue weighted by Crippen LogP contribution is -2.58. The number of methoxy groups -OCH3 is 1. The monoisotopic (exact) mass is 272 g/mol. The van der Waals surface area contributed by atoms with E-state index in [4.69, 9.17) is 22.7 Å². The van der Waals surface area contributed by atoms with Gasteiger partial charge < -0.3 is 15.8 Å². The molecule has 0 aromatic heterocycles. The molecule has 1 rings (SSSR count). The van der Waals surface area contributed by atoms with Crippen molar-refractivity contribution in [3.05, 3.63) is 0 Å². The highest BCUT2D eigenvalue weighted by Crippen LogP contribution is 2.29. The molecule has 0 radical (unpaired) electrons. The van der Waals surface area contributed by atoms with Crippen molar-refractivity contribution in [3.8, 4) is 0 Å². The van der Waals surface area contributed by atoms with E-state index in [1.54, 1.807) is 7.11 Å². The minimum absolute atomic E-state index is 0.0449. The van der Waals surface area contributed by atoms with Crippen LogP contribution in [0.2, 0.25) is 0 Å². The summed E-state index contributed by atoms with van der Waals surface area (Å²) in [5.41, 5.74) is 4.89. The molecule has 5 heteroatoms. The zero-order valence-electron chi connectivity index (χ0n) is 11.5. The number of hydrogen-bond acceptors (Lipinski definition) is 3. The lowest BCUT2D eigenvalue weighted by atomic mass is 9.81. The number of nitrogens with two attached hydrogens (primary N) is 1. The molecular weight excluding hydrogens is 248 g/mol. The highest BCUT2D eigenvalue weighted by Gasteiger charge is 2.37. The Labute approximate surface area is 115 Å². The third-order valence-electron chi connectivity index (χ3n) is 3.70. The van der Waals surface area contributed by atoms with Gasteiger partial charge in [0.25, 0.3) is 0 Å². The average Bonchev–Trinajstić information content (AvgIpc) is 2.29. The maximum Gasteiger partial charge on any atom is 0.223 e. The molecule has 0 spiro atoms. The molecule has 0 aromatic rings. The molecule has 0 bridgehead atoms. The van der Waals surface area contributed by atoms with Gasteiger partial charge in [-0.1, -0.05) is 31.5 Å². The first-order chi connectivity index (χ1) is 8.31. The molecule has 1 aliphatic rings. The highest BCUT2D eigenvalue weighted by molar-refractivity contribution is 7.80. The van der Waals surface area contributed by atoms with Crippen LogP contribution in [0.3, 0.4) is 0 Å². The number of rotatable bonds is 5. The first-order valence-corrected chi connectivity index (χ1v) is 6.88. The van der Waals surface area contributed by atoms with Crippen LogP contribution in [-0.2, 0) is 9.53 Å². The van der Waals surface area contributed by atoms with Gasteiger partial charge in [0.1, 0.15) is 0 Å². The van der Waals surface area contributed by atoms with E-state index in [1.807, 2.05) is 13.8 Å². The van der Waals surface area contributed by atoms with Crippen molar-refractivity contribution < 1.29 is 9.53 Å². The summed E-state index contributed by atoms with van der Waals surface area (Å²) in [7, 11) is 1.61. The van der Waals surface area contributed by atoms with Crippen LogP contribution >= 0.6 is 12.2 Å². The van der Waals surface area contributed by atoms with Gasteiger partial charge in [0.05, 0.1) is 22.5 Å². The second-order valence-electron chi connectivity index (χ2n) is 5.70. The van der Waals surface area contributed by atoms with Crippen LogP contribution in [0.4, 0.5) is 0 Å². The molecule has 1 saturated carbocycles. The molecule has 1 aliphatic carbocycles. The summed E-state index contributed by atoms with van der Waals surface area (Å²) in [4.78, 5) is 12.5. The fourth-order valence-electron chi connectivity index (χ4n) is 2.36. The predicted octanol–water partition coefficient (Wildman–Crippen LogP) is 1.91. The Balaban J connectivity index is 2.67. The quantitative estimate of drug-likeness (QED) is 0.750. The molecule has 0 aromatic carbocycles. The number of thiocarbonyl (C=S) groups is 1. The zero-order chi connectivity index (χ0) is 13.8. The zero-order valence-corrected chi connectivity index (χ0v) is 12.4. The highest BCUT2D eigenvalue weighted by atomic mass is 32.1. The van der Waals surface area contributed by atoms with E-state index < -0.39 is 11.1 Å². The molecule has 18 heavy (non-hydrogen) atoms. The summed E-state index contributed by atoms with van der Waals surface area (Å²) >= 11 is 5.15. The van der Waals surface area contributed by atoms with E-state index in [9.17, 15) is 4.79 Å². The van der Waals surface area contributed by atoms with Crippen LogP contribution in [-0.4, -0.2) is 29.1 Å². The van der Waals surface area contributed by atoms with Crippen LogP contribution in [0, 0.1) is 0 Å². The minimum atomic E-state index is -0.478. The standard InChI is InChI=1S/C13H24N2O2S/c1-12(2,17-3)9-10(16)15-13(11(14)18)7-5-4-6-8-13/h4-9H2,1-3H3,(H2,14,18)(H,15,16). The molecule has 0 heterocycles. The van der Waals surface area contributed by atoms with E-state index in [1.165, 1.54) is 6.42 Å². The maximum atomic E-state index is 12.1. The summed E-state index contributed by atoms with van der Waals surface area (Å²) in [5, 5.41) is 3.04. The maximum absolute atomic E-state index is 12.1. The van der Waals surface area contributed by atoms with Crippen LogP contribution < -0.4 is 11.1 Å². The van der Waals surface area contributed by atoms with Crippen molar-refractivity contribution in [2.24, 2.45) is 5.73 Å².